The maximum Gasteiger partial charge on any atom is 0.225 e. The van der Waals surface area contributed by atoms with Gasteiger partial charge in [0.05, 0.1) is 5.02 Å². The molecular formula is C14H14ClFN4. The molecule has 1 heterocycles. The fourth-order valence-corrected chi connectivity index (χ4v) is 2.01. The largest absolute Gasteiger partial charge is 0.351 e. The van der Waals surface area contributed by atoms with Crippen LogP contribution in [0.5, 0.6) is 0 Å². The molecule has 6 heteroatoms. The van der Waals surface area contributed by atoms with Crippen molar-refractivity contribution in [3.63, 3.8) is 0 Å². The van der Waals surface area contributed by atoms with Gasteiger partial charge in [-0.2, -0.15) is 4.98 Å². The lowest BCUT2D eigenvalue weighted by Gasteiger charge is -2.10. The van der Waals surface area contributed by atoms with Crippen LogP contribution in [0.3, 0.4) is 0 Å². The number of aryl methyl sites for hydroxylation is 1. The summed E-state index contributed by atoms with van der Waals surface area (Å²) in [6.45, 7) is 1.91. The van der Waals surface area contributed by atoms with Crippen LogP contribution in [0.4, 0.5) is 21.8 Å². The van der Waals surface area contributed by atoms with Crippen LogP contribution in [0.1, 0.15) is 18.5 Å². The maximum atomic E-state index is 13.1. The summed E-state index contributed by atoms with van der Waals surface area (Å²) in [7, 11) is 0. The number of aromatic nitrogens is 2. The van der Waals surface area contributed by atoms with Crippen LogP contribution in [-0.4, -0.2) is 16.0 Å². The third-order valence-electron chi connectivity index (χ3n) is 2.96. The number of rotatable bonds is 4. The average Bonchev–Trinajstić information content (AvgIpc) is 3.17. The molecule has 1 aliphatic carbocycles. The Labute approximate surface area is 121 Å². The number of halogens is 2. The highest BCUT2D eigenvalue weighted by atomic mass is 35.5. The zero-order chi connectivity index (χ0) is 14.1. The van der Waals surface area contributed by atoms with E-state index >= 15 is 0 Å². The van der Waals surface area contributed by atoms with Gasteiger partial charge in [0.1, 0.15) is 11.6 Å². The van der Waals surface area contributed by atoms with Gasteiger partial charge < -0.3 is 10.6 Å². The SMILES string of the molecule is Cc1cc(Nc2ccc(F)c(Cl)c2)nc(NC2CC2)n1. The van der Waals surface area contributed by atoms with Crippen molar-refractivity contribution in [1.82, 2.24) is 9.97 Å². The van der Waals surface area contributed by atoms with E-state index in [1.54, 1.807) is 6.07 Å². The lowest BCUT2D eigenvalue weighted by Crippen LogP contribution is -2.07. The first-order chi connectivity index (χ1) is 9.60. The van der Waals surface area contributed by atoms with Gasteiger partial charge in [0.2, 0.25) is 5.95 Å². The average molecular weight is 293 g/mol. The van der Waals surface area contributed by atoms with Crippen molar-refractivity contribution >= 4 is 29.1 Å². The molecule has 3 rings (SSSR count). The molecule has 0 saturated heterocycles. The summed E-state index contributed by atoms with van der Waals surface area (Å²) in [4.78, 5) is 8.73. The summed E-state index contributed by atoms with van der Waals surface area (Å²) in [5.74, 6) is 0.832. The Kier molecular flexibility index (Phi) is 3.44. The van der Waals surface area contributed by atoms with Gasteiger partial charge in [0.15, 0.2) is 0 Å². The van der Waals surface area contributed by atoms with Crippen molar-refractivity contribution in [2.75, 3.05) is 10.6 Å². The van der Waals surface area contributed by atoms with Gasteiger partial charge in [-0.3, -0.25) is 0 Å². The van der Waals surface area contributed by atoms with Gasteiger partial charge >= 0.3 is 0 Å². The van der Waals surface area contributed by atoms with E-state index in [-0.39, 0.29) is 5.02 Å². The summed E-state index contributed by atoms with van der Waals surface area (Å²) in [5.41, 5.74) is 1.55. The minimum Gasteiger partial charge on any atom is -0.351 e. The van der Waals surface area contributed by atoms with Crippen molar-refractivity contribution in [3.05, 3.63) is 40.8 Å². The number of hydrogen-bond acceptors (Lipinski definition) is 4. The third kappa shape index (κ3) is 3.17. The Balaban J connectivity index is 1.81. The van der Waals surface area contributed by atoms with Gasteiger partial charge in [-0.15, -0.1) is 0 Å². The van der Waals surface area contributed by atoms with Crippen molar-refractivity contribution in [2.45, 2.75) is 25.8 Å². The lowest BCUT2D eigenvalue weighted by atomic mass is 10.3. The molecule has 4 nitrogen and oxygen atoms in total. The highest BCUT2D eigenvalue weighted by Gasteiger charge is 2.22. The van der Waals surface area contributed by atoms with Crippen LogP contribution >= 0.6 is 11.6 Å². The van der Waals surface area contributed by atoms with E-state index in [2.05, 4.69) is 20.6 Å². The molecule has 2 N–H and O–H groups in total. The fraction of sp³-hybridized carbons (Fsp3) is 0.286. The highest BCUT2D eigenvalue weighted by Crippen LogP contribution is 2.25. The van der Waals surface area contributed by atoms with Crippen molar-refractivity contribution in [1.29, 1.82) is 0 Å². The number of nitrogens with zero attached hydrogens (tertiary/aromatic N) is 2. The molecule has 1 fully saturated rings. The molecule has 1 saturated carbocycles. The molecular weight excluding hydrogens is 279 g/mol. The zero-order valence-corrected chi connectivity index (χ0v) is 11.7. The summed E-state index contributed by atoms with van der Waals surface area (Å²) in [5, 5.41) is 6.44. The van der Waals surface area contributed by atoms with E-state index in [4.69, 9.17) is 11.6 Å². The number of anilines is 3. The fourth-order valence-electron chi connectivity index (χ4n) is 1.83. The summed E-state index contributed by atoms with van der Waals surface area (Å²) in [6.07, 6.45) is 2.32. The van der Waals surface area contributed by atoms with E-state index in [0.29, 0.717) is 23.5 Å². The molecule has 0 unspecified atom stereocenters. The van der Waals surface area contributed by atoms with Gasteiger partial charge in [0, 0.05) is 23.5 Å². The third-order valence-corrected chi connectivity index (χ3v) is 3.25. The second-order valence-corrected chi connectivity index (χ2v) is 5.30. The lowest BCUT2D eigenvalue weighted by molar-refractivity contribution is 0.628. The van der Waals surface area contributed by atoms with E-state index in [0.717, 1.165) is 18.5 Å². The number of hydrogen-bond donors (Lipinski definition) is 2. The van der Waals surface area contributed by atoms with Gasteiger partial charge in [0.25, 0.3) is 0 Å². The first-order valence-corrected chi connectivity index (χ1v) is 6.82. The monoisotopic (exact) mass is 292 g/mol. The minimum atomic E-state index is -0.438. The smallest absolute Gasteiger partial charge is 0.225 e. The Bertz CT molecular complexity index is 643. The molecule has 1 aliphatic rings. The highest BCUT2D eigenvalue weighted by molar-refractivity contribution is 6.31. The van der Waals surface area contributed by atoms with E-state index in [9.17, 15) is 4.39 Å². The summed E-state index contributed by atoms with van der Waals surface area (Å²) < 4.78 is 13.1. The molecule has 104 valence electrons. The van der Waals surface area contributed by atoms with Crippen molar-refractivity contribution in [3.8, 4) is 0 Å². The predicted molar refractivity (Wildman–Crippen MR) is 78.1 cm³/mol. The van der Waals surface area contributed by atoms with E-state index in [1.165, 1.54) is 12.1 Å². The van der Waals surface area contributed by atoms with E-state index in [1.807, 2.05) is 13.0 Å². The second-order valence-electron chi connectivity index (χ2n) is 4.89. The minimum absolute atomic E-state index is 0.0807. The van der Waals surface area contributed by atoms with E-state index < -0.39 is 5.82 Å². The Morgan fingerprint density at radius 1 is 1.25 bits per heavy atom. The number of benzene rings is 1. The molecule has 0 bridgehead atoms. The molecule has 0 radical (unpaired) electrons. The van der Waals surface area contributed by atoms with Crippen LogP contribution in [0.2, 0.25) is 5.02 Å². The molecule has 0 aliphatic heterocycles. The quantitative estimate of drug-likeness (QED) is 0.897. The van der Waals surface area contributed by atoms with Crippen LogP contribution in [0.25, 0.3) is 0 Å². The van der Waals surface area contributed by atoms with Gasteiger partial charge in [-0.05, 0) is 38.0 Å². The summed E-state index contributed by atoms with van der Waals surface area (Å²) in [6, 6.07) is 6.79. The van der Waals surface area contributed by atoms with Gasteiger partial charge in [-0.1, -0.05) is 11.6 Å². The second kappa shape index (κ2) is 5.25. The predicted octanol–water partition coefficient (Wildman–Crippen LogP) is 3.90. The standard InChI is InChI=1S/C14H14ClFN4/c1-8-6-13(20-14(17-8)19-9-2-3-9)18-10-4-5-12(16)11(15)7-10/h4-7,9H,2-3H2,1H3,(H2,17,18,19,20). The first kappa shape index (κ1) is 13.1. The molecule has 0 amide bonds. The van der Waals surface area contributed by atoms with Crippen LogP contribution in [-0.2, 0) is 0 Å². The Hall–Kier alpha value is -1.88. The zero-order valence-electron chi connectivity index (χ0n) is 11.0. The van der Waals surface area contributed by atoms with Crippen LogP contribution in [0.15, 0.2) is 24.3 Å². The molecule has 1 aromatic carbocycles. The molecule has 0 atom stereocenters. The molecule has 0 spiro atoms. The molecule has 2 aromatic rings. The topological polar surface area (TPSA) is 49.8 Å². The number of nitrogens with one attached hydrogen (secondary N) is 2. The summed E-state index contributed by atoms with van der Waals surface area (Å²) >= 11 is 5.76. The normalized spacial score (nSPS) is 14.2. The Morgan fingerprint density at radius 3 is 2.75 bits per heavy atom. The maximum absolute atomic E-state index is 13.1. The van der Waals surface area contributed by atoms with Crippen molar-refractivity contribution in [2.24, 2.45) is 0 Å². The van der Waals surface area contributed by atoms with Crippen molar-refractivity contribution < 1.29 is 4.39 Å². The van der Waals surface area contributed by atoms with Gasteiger partial charge in [-0.25, -0.2) is 9.37 Å². The first-order valence-electron chi connectivity index (χ1n) is 6.44. The molecule has 1 aromatic heterocycles. The Morgan fingerprint density at radius 2 is 2.05 bits per heavy atom. The van der Waals surface area contributed by atoms with Crippen LogP contribution < -0.4 is 10.6 Å². The van der Waals surface area contributed by atoms with Crippen LogP contribution in [0, 0.1) is 12.7 Å². The molecule has 20 heavy (non-hydrogen) atoms.